The Balaban J connectivity index is 2.44. The second-order valence-corrected chi connectivity index (χ2v) is 4.45. The van der Waals surface area contributed by atoms with Gasteiger partial charge in [0.25, 0.3) is 5.69 Å². The van der Waals surface area contributed by atoms with E-state index in [9.17, 15) is 19.3 Å². The van der Waals surface area contributed by atoms with E-state index >= 15 is 0 Å². The molecule has 0 radical (unpaired) electrons. The number of hydrogen-bond donors (Lipinski definition) is 2. The number of carboxylic acid groups (broad SMARTS) is 1. The summed E-state index contributed by atoms with van der Waals surface area (Å²) in [7, 11) is 0. The Morgan fingerprint density at radius 1 is 1.24 bits per heavy atom. The molecule has 108 valence electrons. The molecule has 6 nitrogen and oxygen atoms in total. The summed E-state index contributed by atoms with van der Waals surface area (Å²) in [5, 5.41) is 22.5. The van der Waals surface area contributed by atoms with Crippen LogP contribution in [-0.4, -0.2) is 16.0 Å². The third-order valence-corrected chi connectivity index (χ3v) is 2.96. The van der Waals surface area contributed by atoms with Crippen molar-refractivity contribution in [2.24, 2.45) is 0 Å². The van der Waals surface area contributed by atoms with E-state index in [1.807, 2.05) is 0 Å². The number of nitrogens with zero attached hydrogens (tertiary/aromatic N) is 1. The molecule has 0 aliphatic carbocycles. The van der Waals surface area contributed by atoms with Crippen molar-refractivity contribution < 1.29 is 19.2 Å². The number of rotatable bonds is 4. The highest BCUT2D eigenvalue weighted by atomic mass is 35.5. The molecule has 0 atom stereocenters. The minimum Gasteiger partial charge on any atom is -0.478 e. The Morgan fingerprint density at radius 2 is 1.90 bits per heavy atom. The normalized spacial score (nSPS) is 10.2. The molecule has 2 N–H and O–H groups in total. The van der Waals surface area contributed by atoms with Crippen molar-refractivity contribution in [1.29, 1.82) is 0 Å². The summed E-state index contributed by atoms with van der Waals surface area (Å²) >= 11 is 5.83. The molecule has 0 amide bonds. The van der Waals surface area contributed by atoms with Crippen molar-refractivity contribution in [3.63, 3.8) is 0 Å². The lowest BCUT2D eigenvalue weighted by Crippen LogP contribution is -2.04. The van der Waals surface area contributed by atoms with Crippen LogP contribution >= 0.6 is 11.6 Å². The van der Waals surface area contributed by atoms with Gasteiger partial charge in [0.15, 0.2) is 0 Å². The fourth-order valence-electron chi connectivity index (χ4n) is 1.67. The van der Waals surface area contributed by atoms with Crippen molar-refractivity contribution in [2.75, 3.05) is 5.32 Å². The average Bonchev–Trinajstić information content (AvgIpc) is 2.41. The van der Waals surface area contributed by atoms with E-state index in [0.717, 1.165) is 24.3 Å². The summed E-state index contributed by atoms with van der Waals surface area (Å²) in [6, 6.07) is 6.90. The zero-order chi connectivity index (χ0) is 15.6. The predicted octanol–water partition coefficient (Wildman–Crippen LogP) is 3.83. The van der Waals surface area contributed by atoms with E-state index in [4.69, 9.17) is 16.7 Å². The molecule has 21 heavy (non-hydrogen) atoms. The average molecular weight is 311 g/mol. The first-order chi connectivity index (χ1) is 9.88. The van der Waals surface area contributed by atoms with Gasteiger partial charge >= 0.3 is 5.97 Å². The molecule has 8 heteroatoms. The van der Waals surface area contributed by atoms with Gasteiger partial charge in [-0.3, -0.25) is 10.1 Å². The van der Waals surface area contributed by atoms with Gasteiger partial charge in [0.2, 0.25) is 0 Å². The number of benzene rings is 2. The number of aromatic carboxylic acids is 1. The summed E-state index contributed by atoms with van der Waals surface area (Å²) in [6.45, 7) is 0. The number of anilines is 2. The lowest BCUT2D eigenvalue weighted by atomic mass is 10.1. The molecule has 0 aliphatic heterocycles. The lowest BCUT2D eigenvalue weighted by molar-refractivity contribution is -0.384. The van der Waals surface area contributed by atoms with Crippen LogP contribution < -0.4 is 5.32 Å². The second kappa shape index (κ2) is 5.76. The van der Waals surface area contributed by atoms with Gasteiger partial charge in [-0.05, 0) is 24.3 Å². The van der Waals surface area contributed by atoms with E-state index < -0.39 is 16.7 Å². The molecule has 0 unspecified atom stereocenters. The monoisotopic (exact) mass is 310 g/mol. The maximum Gasteiger partial charge on any atom is 0.338 e. The number of hydrogen-bond acceptors (Lipinski definition) is 4. The SMILES string of the molecule is O=C(O)c1cc([N+](=O)[O-])ccc1Nc1ccc(F)cc1Cl. The number of carboxylic acids is 1. The molecular weight excluding hydrogens is 303 g/mol. The first-order valence-corrected chi connectivity index (χ1v) is 6.00. The van der Waals surface area contributed by atoms with Gasteiger partial charge in [0.1, 0.15) is 5.82 Å². The third-order valence-electron chi connectivity index (χ3n) is 2.64. The fourth-order valence-corrected chi connectivity index (χ4v) is 1.88. The van der Waals surface area contributed by atoms with Gasteiger partial charge < -0.3 is 10.4 Å². The molecule has 0 saturated carbocycles. The standard InChI is InChI=1S/C13H8ClFN2O4/c14-10-5-7(15)1-3-12(10)16-11-4-2-8(17(20)21)6-9(11)13(18)19/h1-6,16H,(H,18,19). The molecule has 0 spiro atoms. The van der Waals surface area contributed by atoms with Crippen LogP contribution in [0.25, 0.3) is 0 Å². The molecule has 0 aromatic heterocycles. The highest BCUT2D eigenvalue weighted by Crippen LogP contribution is 2.29. The van der Waals surface area contributed by atoms with Gasteiger partial charge in [-0.1, -0.05) is 11.6 Å². The molecule has 0 fully saturated rings. The topological polar surface area (TPSA) is 92.5 Å². The Hall–Kier alpha value is -2.67. The van der Waals surface area contributed by atoms with Crippen molar-refractivity contribution in [2.45, 2.75) is 0 Å². The van der Waals surface area contributed by atoms with Crippen LogP contribution in [-0.2, 0) is 0 Å². The molecule has 2 aromatic rings. The van der Waals surface area contributed by atoms with Crippen LogP contribution in [0.15, 0.2) is 36.4 Å². The van der Waals surface area contributed by atoms with Crippen molar-refractivity contribution >= 4 is 34.6 Å². The smallest absolute Gasteiger partial charge is 0.338 e. The number of non-ortho nitro benzene ring substituents is 1. The molecule has 0 aliphatic rings. The van der Waals surface area contributed by atoms with Crippen LogP contribution in [0.4, 0.5) is 21.5 Å². The van der Waals surface area contributed by atoms with E-state index in [1.54, 1.807) is 0 Å². The Labute approximate surface area is 122 Å². The number of halogens is 2. The summed E-state index contributed by atoms with van der Waals surface area (Å²) in [6.07, 6.45) is 0. The Bertz CT molecular complexity index is 736. The fraction of sp³-hybridized carbons (Fsp3) is 0. The zero-order valence-electron chi connectivity index (χ0n) is 10.3. The van der Waals surface area contributed by atoms with E-state index in [1.165, 1.54) is 12.1 Å². The van der Waals surface area contributed by atoms with Gasteiger partial charge in [-0.2, -0.15) is 0 Å². The highest BCUT2D eigenvalue weighted by Gasteiger charge is 2.16. The van der Waals surface area contributed by atoms with E-state index in [2.05, 4.69) is 5.32 Å². The van der Waals surface area contributed by atoms with Gasteiger partial charge in [0.05, 0.1) is 26.9 Å². The molecule has 2 aromatic carbocycles. The third kappa shape index (κ3) is 3.26. The van der Waals surface area contributed by atoms with Gasteiger partial charge in [-0.15, -0.1) is 0 Å². The zero-order valence-corrected chi connectivity index (χ0v) is 11.1. The molecule has 0 bridgehead atoms. The molecule has 0 saturated heterocycles. The summed E-state index contributed by atoms with van der Waals surface area (Å²) in [5.41, 5.74) is -0.233. The quantitative estimate of drug-likeness (QED) is 0.661. The predicted molar refractivity (Wildman–Crippen MR) is 74.7 cm³/mol. The van der Waals surface area contributed by atoms with Gasteiger partial charge in [-0.25, -0.2) is 9.18 Å². The molecular formula is C13H8ClFN2O4. The summed E-state index contributed by atoms with van der Waals surface area (Å²) in [5.74, 6) is -1.87. The van der Waals surface area contributed by atoms with Crippen LogP contribution in [0, 0.1) is 15.9 Å². The number of carbonyl (C=O) groups is 1. The summed E-state index contributed by atoms with van der Waals surface area (Å²) in [4.78, 5) is 21.1. The maximum absolute atomic E-state index is 13.0. The van der Waals surface area contributed by atoms with Crippen molar-refractivity contribution in [1.82, 2.24) is 0 Å². The largest absolute Gasteiger partial charge is 0.478 e. The van der Waals surface area contributed by atoms with Crippen molar-refractivity contribution in [3.05, 3.63) is 62.9 Å². The van der Waals surface area contributed by atoms with Crippen LogP contribution in [0.5, 0.6) is 0 Å². The van der Waals surface area contributed by atoms with E-state index in [0.29, 0.717) is 0 Å². The molecule has 0 heterocycles. The lowest BCUT2D eigenvalue weighted by Gasteiger charge is -2.11. The molecule has 2 rings (SSSR count). The van der Waals surface area contributed by atoms with Crippen molar-refractivity contribution in [3.8, 4) is 0 Å². The Morgan fingerprint density at radius 3 is 2.48 bits per heavy atom. The van der Waals surface area contributed by atoms with E-state index in [-0.39, 0.29) is 27.6 Å². The minimum atomic E-state index is -1.33. The maximum atomic E-state index is 13.0. The summed E-state index contributed by atoms with van der Waals surface area (Å²) < 4.78 is 13.0. The second-order valence-electron chi connectivity index (χ2n) is 4.04. The first kappa shape index (κ1) is 14.7. The highest BCUT2D eigenvalue weighted by molar-refractivity contribution is 6.33. The number of nitrogens with one attached hydrogen (secondary N) is 1. The van der Waals surface area contributed by atoms with Gasteiger partial charge in [0, 0.05) is 12.1 Å². The van der Waals surface area contributed by atoms with Crippen LogP contribution in [0.3, 0.4) is 0 Å². The number of nitro benzene ring substituents is 1. The minimum absolute atomic E-state index is 0.0599. The number of nitro groups is 1. The Kier molecular flexibility index (Phi) is 4.04. The van der Waals surface area contributed by atoms with Crippen LogP contribution in [0.2, 0.25) is 5.02 Å². The van der Waals surface area contributed by atoms with Crippen LogP contribution in [0.1, 0.15) is 10.4 Å². The first-order valence-electron chi connectivity index (χ1n) is 5.62.